The normalized spacial score (nSPS) is 22.4. The highest BCUT2D eigenvalue weighted by molar-refractivity contribution is 6.30. The van der Waals surface area contributed by atoms with E-state index in [1.54, 1.807) is 0 Å². The zero-order valence-electron chi connectivity index (χ0n) is 44.5. The molecule has 2 aliphatic heterocycles. The molecule has 7 heteroatoms. The molecule has 8 aromatic rings. The minimum atomic E-state index is -1.46. The van der Waals surface area contributed by atoms with Gasteiger partial charge in [0.15, 0.2) is 0 Å². The van der Waals surface area contributed by atoms with Crippen LogP contribution in [-0.2, 0) is 61.0 Å². The standard InChI is InChI=1S/C68H68Cl2O5/c1-9-11-13-51-23-31-53(32-24-51)63(7,65(55-35-39-59(69)40-36-55)67(74-65,57-27-15-47(3)16-28-57)71-61-43-19-49(5)20-44-61)73-64(8,54-33-25-52(26-34-54)14-12-10-2)66(56-37-41-60(70)42-38-56)68(75-66,58-29-17-48(4)18-30-58)72-62-45-21-50(6)22-46-62/h15-46H,9-14H2,1-8H3. The zero-order valence-corrected chi connectivity index (χ0v) is 46.0. The molecule has 0 amide bonds. The molecule has 2 fully saturated rings. The number of epoxide rings is 2. The number of unbranched alkanes of at least 4 members (excludes halogenated alkanes) is 2. The number of aryl methyl sites for hydroxylation is 6. The highest BCUT2D eigenvalue weighted by atomic mass is 35.5. The average molecular weight is 1040 g/mol. The molecule has 8 aromatic carbocycles. The van der Waals surface area contributed by atoms with Crippen LogP contribution < -0.4 is 9.47 Å². The molecule has 10 rings (SSSR count). The van der Waals surface area contributed by atoms with Crippen molar-refractivity contribution in [1.82, 2.24) is 0 Å². The van der Waals surface area contributed by atoms with Gasteiger partial charge in [-0.1, -0.05) is 218 Å². The summed E-state index contributed by atoms with van der Waals surface area (Å²) in [5.41, 5.74) is 6.21. The Balaban J connectivity index is 1.31. The first-order valence-electron chi connectivity index (χ1n) is 26.6. The molecule has 0 aromatic heterocycles. The van der Waals surface area contributed by atoms with Crippen LogP contribution in [0.4, 0.5) is 0 Å². The number of rotatable bonds is 20. The maximum atomic E-state index is 8.70. The van der Waals surface area contributed by atoms with Crippen LogP contribution >= 0.6 is 23.2 Å². The van der Waals surface area contributed by atoms with Crippen molar-refractivity contribution in [2.24, 2.45) is 0 Å². The maximum Gasteiger partial charge on any atom is 0.275 e. The highest BCUT2D eigenvalue weighted by Gasteiger charge is 2.88. The Morgan fingerprint density at radius 3 is 0.987 bits per heavy atom. The Hall–Kier alpha value is -6.18. The second-order valence-electron chi connectivity index (χ2n) is 21.1. The first kappa shape index (κ1) is 52.3. The van der Waals surface area contributed by atoms with E-state index in [2.05, 4.69) is 177 Å². The van der Waals surface area contributed by atoms with Gasteiger partial charge >= 0.3 is 0 Å². The summed E-state index contributed by atoms with van der Waals surface area (Å²) < 4.78 is 39.3. The molecule has 2 aliphatic rings. The molecule has 0 aliphatic carbocycles. The first-order chi connectivity index (χ1) is 36.1. The van der Waals surface area contributed by atoms with Gasteiger partial charge in [-0.25, -0.2) is 0 Å². The van der Waals surface area contributed by atoms with Crippen LogP contribution in [0.2, 0.25) is 10.0 Å². The molecular weight excluding hydrogens is 968 g/mol. The molecule has 0 N–H and O–H groups in total. The molecule has 0 radical (unpaired) electrons. The Morgan fingerprint density at radius 2 is 0.680 bits per heavy atom. The van der Waals surface area contributed by atoms with Gasteiger partial charge in [0, 0.05) is 21.2 Å². The third-order valence-electron chi connectivity index (χ3n) is 15.8. The summed E-state index contributed by atoms with van der Waals surface area (Å²) in [4.78, 5) is 0. The van der Waals surface area contributed by atoms with Gasteiger partial charge in [0.1, 0.15) is 22.7 Å². The SMILES string of the molecule is CCCCc1ccc(C(C)(OC(C)(c2ccc(CCCC)cc2)C2(c3ccc(Cl)cc3)OC2(Oc2ccc(C)cc2)c2ccc(C)cc2)C2(c3ccc(Cl)cc3)OC2(Oc2ccc(C)cc2)c2ccc(C)cc2)cc1. The summed E-state index contributed by atoms with van der Waals surface area (Å²) in [5, 5.41) is 1.19. The Morgan fingerprint density at radius 1 is 0.387 bits per heavy atom. The van der Waals surface area contributed by atoms with Gasteiger partial charge in [0.2, 0.25) is 11.2 Å². The van der Waals surface area contributed by atoms with Crippen LogP contribution in [-0.4, -0.2) is 0 Å². The molecule has 5 nitrogen and oxygen atoms in total. The van der Waals surface area contributed by atoms with E-state index < -0.39 is 34.0 Å². The quantitative estimate of drug-likeness (QED) is 0.0712. The van der Waals surface area contributed by atoms with Crippen LogP contribution in [0, 0.1) is 27.7 Å². The summed E-state index contributed by atoms with van der Waals surface area (Å²) in [6.07, 6.45) is 6.20. The number of ether oxygens (including phenoxy) is 5. The summed E-state index contributed by atoms with van der Waals surface area (Å²) in [6.45, 7) is 17.1. The minimum absolute atomic E-state index is 0.593. The third kappa shape index (κ3) is 9.29. The van der Waals surface area contributed by atoms with Crippen molar-refractivity contribution in [1.29, 1.82) is 0 Å². The molecule has 0 bridgehead atoms. The van der Waals surface area contributed by atoms with Crippen LogP contribution in [0.3, 0.4) is 0 Å². The Labute approximate surface area is 454 Å². The van der Waals surface area contributed by atoms with Crippen LogP contribution in [0.1, 0.15) is 120 Å². The zero-order chi connectivity index (χ0) is 52.6. The number of hydrogen-bond donors (Lipinski definition) is 0. The van der Waals surface area contributed by atoms with Gasteiger partial charge in [-0.2, -0.15) is 0 Å². The molecule has 6 atom stereocenters. The molecular formula is C68H68Cl2O5. The van der Waals surface area contributed by atoms with E-state index in [9.17, 15) is 0 Å². The van der Waals surface area contributed by atoms with Crippen LogP contribution in [0.5, 0.6) is 11.5 Å². The van der Waals surface area contributed by atoms with Crippen molar-refractivity contribution in [2.45, 2.75) is 128 Å². The number of benzene rings is 8. The van der Waals surface area contributed by atoms with E-state index in [4.69, 9.17) is 46.9 Å². The largest absolute Gasteiger partial charge is 0.454 e. The fraction of sp³-hybridized carbons (Fsp3) is 0.294. The molecule has 0 saturated carbocycles. The lowest BCUT2D eigenvalue weighted by Crippen LogP contribution is -2.55. The van der Waals surface area contributed by atoms with Crippen molar-refractivity contribution in [3.05, 3.63) is 271 Å². The molecule has 2 heterocycles. The predicted octanol–water partition coefficient (Wildman–Crippen LogP) is 17.8. The number of hydrogen-bond acceptors (Lipinski definition) is 5. The van der Waals surface area contributed by atoms with Crippen molar-refractivity contribution >= 4 is 23.2 Å². The fourth-order valence-electron chi connectivity index (χ4n) is 11.4. The van der Waals surface area contributed by atoms with E-state index in [0.29, 0.717) is 21.5 Å². The molecule has 75 heavy (non-hydrogen) atoms. The lowest BCUT2D eigenvalue weighted by molar-refractivity contribution is -0.220. The van der Waals surface area contributed by atoms with Crippen LogP contribution in [0.15, 0.2) is 194 Å². The van der Waals surface area contributed by atoms with E-state index in [-0.39, 0.29) is 0 Å². The second kappa shape index (κ2) is 20.7. The third-order valence-corrected chi connectivity index (χ3v) is 16.3. The molecule has 384 valence electrons. The molecule has 2 saturated heterocycles. The van der Waals surface area contributed by atoms with Gasteiger partial charge in [-0.3, -0.25) is 0 Å². The average Bonchev–Trinajstić information content (AvgIpc) is 4.50. The fourth-order valence-corrected chi connectivity index (χ4v) is 11.6. The van der Waals surface area contributed by atoms with E-state index in [0.717, 1.165) is 94.2 Å². The predicted molar refractivity (Wildman–Crippen MR) is 304 cm³/mol. The first-order valence-corrected chi connectivity index (χ1v) is 27.4. The highest BCUT2D eigenvalue weighted by Crippen LogP contribution is 2.76. The lowest BCUT2D eigenvalue weighted by Gasteiger charge is -2.48. The van der Waals surface area contributed by atoms with Crippen molar-refractivity contribution in [3.8, 4) is 11.5 Å². The maximum absolute atomic E-state index is 8.70. The topological polar surface area (TPSA) is 52.8 Å². The Bertz CT molecular complexity index is 2990. The monoisotopic (exact) mass is 1030 g/mol. The van der Waals surface area contributed by atoms with Gasteiger partial charge in [-0.05, 0) is 149 Å². The smallest absolute Gasteiger partial charge is 0.275 e. The van der Waals surface area contributed by atoms with Crippen LogP contribution in [0.25, 0.3) is 0 Å². The van der Waals surface area contributed by atoms with Crippen molar-refractivity contribution in [3.63, 3.8) is 0 Å². The molecule has 0 spiro atoms. The lowest BCUT2D eigenvalue weighted by atomic mass is 9.69. The van der Waals surface area contributed by atoms with Gasteiger partial charge in [0.05, 0.1) is 0 Å². The van der Waals surface area contributed by atoms with E-state index in [1.807, 2.05) is 72.8 Å². The van der Waals surface area contributed by atoms with Gasteiger partial charge in [0.25, 0.3) is 11.6 Å². The summed E-state index contributed by atoms with van der Waals surface area (Å²) >= 11 is 13.7. The van der Waals surface area contributed by atoms with Gasteiger partial charge in [-0.15, -0.1) is 0 Å². The van der Waals surface area contributed by atoms with Gasteiger partial charge < -0.3 is 23.7 Å². The summed E-state index contributed by atoms with van der Waals surface area (Å²) in [6, 6.07) is 66.9. The molecule has 6 unspecified atom stereocenters. The van der Waals surface area contributed by atoms with E-state index in [1.165, 1.54) is 11.1 Å². The van der Waals surface area contributed by atoms with E-state index >= 15 is 0 Å². The number of halogens is 2. The Kier molecular flexibility index (Phi) is 14.5. The second-order valence-corrected chi connectivity index (χ2v) is 22.0. The summed E-state index contributed by atoms with van der Waals surface area (Å²) in [7, 11) is 0. The van der Waals surface area contributed by atoms with Crippen molar-refractivity contribution < 1.29 is 23.7 Å². The summed E-state index contributed by atoms with van der Waals surface area (Å²) in [5.74, 6) is -1.64. The minimum Gasteiger partial charge on any atom is -0.454 e. The van der Waals surface area contributed by atoms with Crippen molar-refractivity contribution in [2.75, 3.05) is 0 Å².